The van der Waals surface area contributed by atoms with Crippen LogP contribution in [0.25, 0.3) is 0 Å². The van der Waals surface area contributed by atoms with E-state index in [4.69, 9.17) is 9.47 Å². The molecule has 2 aliphatic rings. The third kappa shape index (κ3) is 8.90. The topological polar surface area (TPSA) is 113 Å². The first-order chi connectivity index (χ1) is 26.7. The minimum atomic E-state index is -4.94. The van der Waals surface area contributed by atoms with Gasteiger partial charge in [0, 0.05) is 54.7 Å². The molecule has 3 aromatic rings. The number of hydrogen-bond donors (Lipinski definition) is 0. The number of rotatable bonds is 12. The number of nitriles is 1. The minimum absolute atomic E-state index is 0.0231. The van der Waals surface area contributed by atoms with Gasteiger partial charge >= 0.3 is 12.4 Å². The smallest absolute Gasteiger partial charge is 0.425 e. The monoisotopic (exact) mass is 824 g/mol. The number of ether oxygens (including phenoxy) is 2. The number of alkyl halides is 6. The van der Waals surface area contributed by atoms with E-state index >= 15 is 4.39 Å². The van der Waals surface area contributed by atoms with Crippen molar-refractivity contribution in [3.8, 4) is 17.6 Å². The molecule has 9 nitrogen and oxygen atoms in total. The van der Waals surface area contributed by atoms with Crippen LogP contribution in [0.2, 0.25) is 0 Å². The molecule has 17 heteroatoms. The highest BCUT2D eigenvalue weighted by molar-refractivity contribution is 7.10. The highest BCUT2D eigenvalue weighted by Crippen LogP contribution is 2.45. The quantitative estimate of drug-likeness (QED) is 0.168. The van der Waals surface area contributed by atoms with Crippen LogP contribution in [0.4, 0.5) is 30.7 Å². The molecule has 0 bridgehead atoms. The van der Waals surface area contributed by atoms with E-state index in [1.54, 1.807) is 26.8 Å². The molecule has 5 rings (SSSR count). The summed E-state index contributed by atoms with van der Waals surface area (Å²) in [7, 11) is 0. The van der Waals surface area contributed by atoms with Crippen molar-refractivity contribution >= 4 is 28.9 Å². The fourth-order valence-electron chi connectivity index (χ4n) is 7.49. The van der Waals surface area contributed by atoms with Crippen molar-refractivity contribution in [2.24, 2.45) is 5.41 Å². The van der Waals surface area contributed by atoms with Crippen molar-refractivity contribution in [2.75, 3.05) is 26.2 Å². The van der Waals surface area contributed by atoms with Gasteiger partial charge in [-0.15, -0.1) is 11.3 Å². The van der Waals surface area contributed by atoms with Gasteiger partial charge in [-0.3, -0.25) is 19.4 Å². The molecule has 0 N–H and O–H groups in total. The van der Waals surface area contributed by atoms with Gasteiger partial charge in [0.25, 0.3) is 11.8 Å². The highest BCUT2D eigenvalue weighted by atomic mass is 32.1. The van der Waals surface area contributed by atoms with E-state index in [1.165, 1.54) is 24.0 Å². The van der Waals surface area contributed by atoms with Gasteiger partial charge in [0.05, 0.1) is 29.7 Å². The second-order valence-electron chi connectivity index (χ2n) is 15.1. The number of likely N-dealkylation sites (tertiary alicyclic amines) is 2. The Hall–Kier alpha value is -4.72. The van der Waals surface area contributed by atoms with Gasteiger partial charge in [-0.1, -0.05) is 39.3 Å². The van der Waals surface area contributed by atoms with E-state index in [2.05, 4.69) is 11.1 Å². The molecular weight excluding hydrogens is 782 g/mol. The maximum Gasteiger partial charge on any atom is 0.425 e. The van der Waals surface area contributed by atoms with E-state index in [-0.39, 0.29) is 87.6 Å². The fraction of sp³-hybridized carbons (Fsp3) is 0.525. The first-order valence-electron chi connectivity index (χ1n) is 18.5. The standard InChI is InChI=1S/C40H43F7N4O5S/c1-5-9-30-38(56-26-22-31(57-23-26)40(45,46)47,13-8-18-51(30)34(53)32-27(39(42,43)44)11-7-17-49-32)35(54)50-19-14-37(24-48,15-20-50)28-10-6-12-29(41)33(28)55-21-16-36(3,4)25(2)52/h6-7,10-12,17,22-23,30H,5,8-9,13-16,18-21H2,1-4H3/t30-,38+/m1/s1. The number of benzene rings is 1. The molecule has 2 fully saturated rings. The summed E-state index contributed by atoms with van der Waals surface area (Å²) in [6.45, 7) is 6.32. The minimum Gasteiger partial charge on any atom is -0.490 e. The number of pyridine rings is 1. The Labute approximate surface area is 329 Å². The highest BCUT2D eigenvalue weighted by Gasteiger charge is 2.57. The van der Waals surface area contributed by atoms with Crippen molar-refractivity contribution < 1.29 is 54.6 Å². The van der Waals surface area contributed by atoms with Gasteiger partial charge in [0.15, 0.2) is 11.6 Å². The third-order valence-electron chi connectivity index (χ3n) is 11.0. The number of carbonyl (C=O) groups is 3. The molecule has 2 amide bonds. The van der Waals surface area contributed by atoms with Gasteiger partial charge in [0.2, 0.25) is 5.60 Å². The molecule has 0 saturated carbocycles. The molecule has 2 atom stereocenters. The summed E-state index contributed by atoms with van der Waals surface area (Å²) < 4.78 is 111. The van der Waals surface area contributed by atoms with E-state index in [0.29, 0.717) is 17.8 Å². The number of para-hydroxylation sites is 1. The summed E-state index contributed by atoms with van der Waals surface area (Å²) in [6, 6.07) is 7.72. The van der Waals surface area contributed by atoms with Crippen LogP contribution in [0.15, 0.2) is 48.0 Å². The van der Waals surface area contributed by atoms with Crippen LogP contribution >= 0.6 is 11.3 Å². The van der Waals surface area contributed by atoms with Gasteiger partial charge in [-0.05, 0) is 57.2 Å². The first-order valence-corrected chi connectivity index (χ1v) is 19.4. The van der Waals surface area contributed by atoms with Crippen LogP contribution in [-0.4, -0.2) is 70.3 Å². The number of hydrogen-bond acceptors (Lipinski definition) is 8. The maximum absolute atomic E-state index is 15.3. The Morgan fingerprint density at radius 1 is 1.02 bits per heavy atom. The fourth-order valence-corrected chi connectivity index (χ4v) is 8.17. The summed E-state index contributed by atoms with van der Waals surface area (Å²) in [4.78, 5) is 46.4. The van der Waals surface area contributed by atoms with E-state index < -0.39 is 68.6 Å². The number of halogens is 7. The zero-order valence-electron chi connectivity index (χ0n) is 31.9. The zero-order chi connectivity index (χ0) is 42.0. The Kier molecular flexibility index (Phi) is 12.7. The lowest BCUT2D eigenvalue weighted by atomic mass is 9.72. The van der Waals surface area contributed by atoms with Crippen LogP contribution in [0, 0.1) is 22.6 Å². The predicted molar refractivity (Wildman–Crippen MR) is 195 cm³/mol. The molecule has 308 valence electrons. The molecule has 0 aliphatic carbocycles. The molecule has 2 aromatic heterocycles. The molecule has 0 spiro atoms. The Morgan fingerprint density at radius 3 is 2.32 bits per heavy atom. The predicted octanol–water partition coefficient (Wildman–Crippen LogP) is 9.01. The Morgan fingerprint density at radius 2 is 1.72 bits per heavy atom. The van der Waals surface area contributed by atoms with E-state index in [9.17, 15) is 46.0 Å². The van der Waals surface area contributed by atoms with Crippen molar-refractivity contribution in [3.05, 3.63) is 75.5 Å². The van der Waals surface area contributed by atoms with E-state index in [1.807, 2.05) is 0 Å². The number of carbonyl (C=O) groups excluding carboxylic acids is 3. The van der Waals surface area contributed by atoms with Crippen molar-refractivity contribution in [1.29, 1.82) is 5.26 Å². The Bertz CT molecular complexity index is 2000. The lowest BCUT2D eigenvalue weighted by Crippen LogP contribution is -2.68. The SMILES string of the molecule is CCC[C@H]1N(C(=O)c2ncccc2C(F)(F)F)CCC[C@@]1(Oc1csc(C(F)(F)F)c1)C(=O)N1CCC(C#N)(c2cccc(F)c2OCCC(C)(C)C(C)=O)CC1. The largest absolute Gasteiger partial charge is 0.490 e. The van der Waals surface area contributed by atoms with Crippen LogP contribution in [0.5, 0.6) is 11.5 Å². The molecule has 2 aliphatic heterocycles. The average Bonchev–Trinajstić information content (AvgIpc) is 3.64. The third-order valence-corrected chi connectivity index (χ3v) is 12.0. The normalized spacial score (nSPS) is 20.1. The number of aromatic nitrogens is 1. The number of piperidine rings is 2. The van der Waals surface area contributed by atoms with Crippen molar-refractivity contribution in [3.63, 3.8) is 0 Å². The van der Waals surface area contributed by atoms with Gasteiger partial charge in [-0.25, -0.2) is 4.39 Å². The van der Waals surface area contributed by atoms with E-state index in [0.717, 1.165) is 34.7 Å². The molecule has 1 aromatic carbocycles. The van der Waals surface area contributed by atoms with Crippen LogP contribution < -0.4 is 9.47 Å². The summed E-state index contributed by atoms with van der Waals surface area (Å²) in [5.41, 5.74) is -6.07. The number of Topliss-reactive ketones (excluding diaryl/α,β-unsaturated/α-hetero) is 1. The summed E-state index contributed by atoms with van der Waals surface area (Å²) in [5.74, 6) is -3.10. The average molecular weight is 825 g/mol. The zero-order valence-corrected chi connectivity index (χ0v) is 32.7. The molecule has 4 heterocycles. The van der Waals surface area contributed by atoms with Crippen LogP contribution in [-0.2, 0) is 27.4 Å². The van der Waals surface area contributed by atoms with Gasteiger partial charge in [0.1, 0.15) is 22.1 Å². The second kappa shape index (κ2) is 16.6. The Balaban J connectivity index is 1.51. The number of nitrogens with zero attached hydrogens (tertiary/aromatic N) is 4. The first kappa shape index (κ1) is 43.4. The molecule has 2 saturated heterocycles. The van der Waals surface area contributed by atoms with Crippen molar-refractivity contribution in [1.82, 2.24) is 14.8 Å². The van der Waals surface area contributed by atoms with Gasteiger partial charge < -0.3 is 19.3 Å². The second-order valence-corrected chi connectivity index (χ2v) is 16.0. The number of thiophene rings is 1. The lowest BCUT2D eigenvalue weighted by molar-refractivity contribution is -0.160. The number of ketones is 1. The number of amides is 2. The summed E-state index contributed by atoms with van der Waals surface area (Å²) >= 11 is 0.340. The maximum atomic E-state index is 15.3. The van der Waals surface area contributed by atoms with Crippen molar-refractivity contribution in [2.45, 2.75) is 102 Å². The van der Waals surface area contributed by atoms with Gasteiger partial charge in [-0.2, -0.15) is 31.6 Å². The summed E-state index contributed by atoms with van der Waals surface area (Å²) in [6.07, 6.45) is -8.12. The lowest BCUT2D eigenvalue weighted by Gasteiger charge is -2.51. The van der Waals surface area contributed by atoms with Crippen LogP contribution in [0.1, 0.15) is 99.1 Å². The molecule has 57 heavy (non-hydrogen) atoms. The summed E-state index contributed by atoms with van der Waals surface area (Å²) in [5, 5.41) is 11.7. The van der Waals surface area contributed by atoms with Crippen LogP contribution in [0.3, 0.4) is 0 Å². The molecule has 0 unspecified atom stereocenters. The molecule has 0 radical (unpaired) electrons. The molecular formula is C40H43F7N4O5S.